The molecular weight excluding hydrogens is 250 g/mol. The van der Waals surface area contributed by atoms with Gasteiger partial charge in [-0.05, 0) is 24.5 Å². The van der Waals surface area contributed by atoms with Crippen LogP contribution >= 0.6 is 0 Å². The highest BCUT2D eigenvalue weighted by atomic mass is 19.2. The van der Waals surface area contributed by atoms with Crippen molar-refractivity contribution in [3.63, 3.8) is 0 Å². The average molecular weight is 270 g/mol. The predicted octanol–water partition coefficient (Wildman–Crippen LogP) is 2.41. The fourth-order valence-corrected chi connectivity index (χ4v) is 1.65. The van der Waals surface area contributed by atoms with E-state index in [0.717, 1.165) is 6.07 Å². The first kappa shape index (κ1) is 15.6. The quantitative estimate of drug-likeness (QED) is 0.893. The summed E-state index contributed by atoms with van der Waals surface area (Å²) in [6.07, 6.45) is 0.622. The molecule has 1 aromatic carbocycles. The first-order valence-corrected chi connectivity index (χ1v) is 6.29. The molecule has 0 spiro atoms. The van der Waals surface area contributed by atoms with Crippen molar-refractivity contribution in [3.8, 4) is 0 Å². The summed E-state index contributed by atoms with van der Waals surface area (Å²) in [6.45, 7) is 4.41. The SMILES string of the molecule is CC(C)C(N)CCN(C)C(=O)c1cccc(F)c1F. The lowest BCUT2D eigenvalue weighted by atomic mass is 10.0. The van der Waals surface area contributed by atoms with Gasteiger partial charge in [-0.2, -0.15) is 0 Å². The summed E-state index contributed by atoms with van der Waals surface area (Å²) in [7, 11) is 1.56. The highest BCUT2D eigenvalue weighted by molar-refractivity contribution is 5.94. The third kappa shape index (κ3) is 3.99. The van der Waals surface area contributed by atoms with Crippen molar-refractivity contribution in [2.75, 3.05) is 13.6 Å². The average Bonchev–Trinajstić information content (AvgIpc) is 2.37. The number of hydrogen-bond acceptors (Lipinski definition) is 2. The Morgan fingerprint density at radius 2 is 2.00 bits per heavy atom. The molecule has 1 atom stereocenters. The van der Waals surface area contributed by atoms with Crippen LogP contribution in [0.15, 0.2) is 18.2 Å². The molecular formula is C14H20F2N2O. The first-order valence-electron chi connectivity index (χ1n) is 6.29. The largest absolute Gasteiger partial charge is 0.342 e. The van der Waals surface area contributed by atoms with Gasteiger partial charge in [-0.3, -0.25) is 4.79 Å². The molecule has 0 aromatic heterocycles. The molecule has 1 aromatic rings. The zero-order valence-corrected chi connectivity index (χ0v) is 11.5. The number of rotatable bonds is 5. The second kappa shape index (κ2) is 6.61. The van der Waals surface area contributed by atoms with E-state index in [9.17, 15) is 13.6 Å². The Bertz CT molecular complexity index is 449. The van der Waals surface area contributed by atoms with Gasteiger partial charge in [0.05, 0.1) is 5.56 Å². The van der Waals surface area contributed by atoms with E-state index >= 15 is 0 Å². The van der Waals surface area contributed by atoms with Crippen molar-refractivity contribution < 1.29 is 13.6 Å². The van der Waals surface area contributed by atoms with Gasteiger partial charge in [0, 0.05) is 19.6 Å². The summed E-state index contributed by atoms with van der Waals surface area (Å²) in [6, 6.07) is 3.56. The maximum Gasteiger partial charge on any atom is 0.256 e. The van der Waals surface area contributed by atoms with Crippen molar-refractivity contribution in [2.24, 2.45) is 11.7 Å². The van der Waals surface area contributed by atoms with E-state index in [2.05, 4.69) is 0 Å². The number of nitrogens with two attached hydrogens (primary N) is 1. The number of amides is 1. The van der Waals surface area contributed by atoms with Crippen LogP contribution in [-0.2, 0) is 0 Å². The van der Waals surface area contributed by atoms with Crippen LogP contribution in [0.4, 0.5) is 8.78 Å². The van der Waals surface area contributed by atoms with Gasteiger partial charge in [-0.15, -0.1) is 0 Å². The Labute approximate surface area is 112 Å². The van der Waals surface area contributed by atoms with Gasteiger partial charge >= 0.3 is 0 Å². The number of halogens is 2. The van der Waals surface area contributed by atoms with Gasteiger partial charge in [-0.1, -0.05) is 19.9 Å². The van der Waals surface area contributed by atoms with E-state index in [4.69, 9.17) is 5.73 Å². The van der Waals surface area contributed by atoms with Crippen molar-refractivity contribution in [3.05, 3.63) is 35.4 Å². The molecule has 1 rings (SSSR count). The van der Waals surface area contributed by atoms with Crippen molar-refractivity contribution in [1.29, 1.82) is 0 Å². The van der Waals surface area contributed by atoms with E-state index in [0.29, 0.717) is 18.9 Å². The molecule has 2 N–H and O–H groups in total. The maximum atomic E-state index is 13.5. The molecule has 0 saturated carbocycles. The van der Waals surface area contributed by atoms with Crippen LogP contribution in [0.25, 0.3) is 0 Å². The molecule has 0 bridgehead atoms. The Morgan fingerprint density at radius 3 is 2.58 bits per heavy atom. The summed E-state index contributed by atoms with van der Waals surface area (Å²) >= 11 is 0. The minimum absolute atomic E-state index is 0.0207. The Morgan fingerprint density at radius 1 is 1.37 bits per heavy atom. The lowest BCUT2D eigenvalue weighted by Crippen LogP contribution is -2.35. The third-order valence-corrected chi connectivity index (χ3v) is 3.18. The molecule has 0 saturated heterocycles. The highest BCUT2D eigenvalue weighted by Gasteiger charge is 2.19. The number of carbonyl (C=O) groups excluding carboxylic acids is 1. The molecule has 0 aliphatic carbocycles. The number of carbonyl (C=O) groups is 1. The smallest absolute Gasteiger partial charge is 0.256 e. The third-order valence-electron chi connectivity index (χ3n) is 3.18. The molecule has 0 aliphatic rings. The normalized spacial score (nSPS) is 12.6. The molecule has 1 amide bonds. The van der Waals surface area contributed by atoms with Crippen LogP contribution in [0.5, 0.6) is 0 Å². The van der Waals surface area contributed by atoms with E-state index in [1.807, 2.05) is 13.8 Å². The van der Waals surface area contributed by atoms with Gasteiger partial charge in [0.25, 0.3) is 5.91 Å². The van der Waals surface area contributed by atoms with Crippen LogP contribution in [0.1, 0.15) is 30.6 Å². The Balaban J connectivity index is 2.69. The molecule has 0 radical (unpaired) electrons. The van der Waals surface area contributed by atoms with Crippen molar-refractivity contribution in [1.82, 2.24) is 4.90 Å². The molecule has 0 aliphatic heterocycles. The zero-order chi connectivity index (χ0) is 14.6. The fraction of sp³-hybridized carbons (Fsp3) is 0.500. The van der Waals surface area contributed by atoms with Crippen LogP contribution < -0.4 is 5.73 Å². The van der Waals surface area contributed by atoms with E-state index in [1.165, 1.54) is 17.0 Å². The van der Waals surface area contributed by atoms with Crippen molar-refractivity contribution >= 4 is 5.91 Å². The topological polar surface area (TPSA) is 46.3 Å². The summed E-state index contributed by atoms with van der Waals surface area (Å²) in [4.78, 5) is 13.3. The maximum absolute atomic E-state index is 13.5. The lowest BCUT2D eigenvalue weighted by molar-refractivity contribution is 0.0783. The minimum atomic E-state index is -1.10. The van der Waals surface area contributed by atoms with Crippen LogP contribution in [0, 0.1) is 17.6 Å². The zero-order valence-electron chi connectivity index (χ0n) is 11.5. The fourth-order valence-electron chi connectivity index (χ4n) is 1.65. The molecule has 3 nitrogen and oxygen atoms in total. The number of hydrogen-bond donors (Lipinski definition) is 1. The summed E-state index contributed by atoms with van der Waals surface area (Å²) < 4.78 is 26.5. The molecule has 5 heteroatoms. The second-order valence-corrected chi connectivity index (χ2v) is 5.02. The van der Waals surface area contributed by atoms with Gasteiger partial charge < -0.3 is 10.6 Å². The summed E-state index contributed by atoms with van der Waals surface area (Å²) in [5, 5.41) is 0. The van der Waals surface area contributed by atoms with E-state index in [1.54, 1.807) is 7.05 Å². The molecule has 19 heavy (non-hydrogen) atoms. The van der Waals surface area contributed by atoms with E-state index in [-0.39, 0.29) is 11.6 Å². The number of nitrogens with zero attached hydrogens (tertiary/aromatic N) is 1. The summed E-state index contributed by atoms with van der Waals surface area (Å²) in [5.41, 5.74) is 5.64. The van der Waals surface area contributed by atoms with Gasteiger partial charge in [0.1, 0.15) is 0 Å². The van der Waals surface area contributed by atoms with Crippen LogP contribution in [-0.4, -0.2) is 30.4 Å². The van der Waals surface area contributed by atoms with Crippen LogP contribution in [0.2, 0.25) is 0 Å². The lowest BCUT2D eigenvalue weighted by Gasteiger charge is -2.21. The molecule has 106 valence electrons. The predicted molar refractivity (Wildman–Crippen MR) is 70.7 cm³/mol. The van der Waals surface area contributed by atoms with Crippen LogP contribution in [0.3, 0.4) is 0 Å². The Kier molecular flexibility index (Phi) is 5.42. The van der Waals surface area contributed by atoms with Gasteiger partial charge in [-0.25, -0.2) is 8.78 Å². The monoisotopic (exact) mass is 270 g/mol. The van der Waals surface area contributed by atoms with Gasteiger partial charge in [0.15, 0.2) is 11.6 Å². The number of benzene rings is 1. The highest BCUT2D eigenvalue weighted by Crippen LogP contribution is 2.14. The molecule has 0 fully saturated rings. The summed E-state index contributed by atoms with van der Waals surface area (Å²) in [5.74, 6) is -2.34. The molecule has 0 heterocycles. The minimum Gasteiger partial charge on any atom is -0.342 e. The van der Waals surface area contributed by atoms with Gasteiger partial charge in [0.2, 0.25) is 0 Å². The Hall–Kier alpha value is -1.49. The van der Waals surface area contributed by atoms with Crippen molar-refractivity contribution in [2.45, 2.75) is 26.3 Å². The van der Waals surface area contributed by atoms with E-state index < -0.39 is 17.5 Å². The second-order valence-electron chi connectivity index (χ2n) is 5.02. The molecule has 1 unspecified atom stereocenters. The standard InChI is InChI=1S/C14H20F2N2O/c1-9(2)12(17)7-8-18(3)14(19)10-5-4-6-11(15)13(10)16/h4-6,9,12H,7-8,17H2,1-3H3. The first-order chi connectivity index (χ1) is 8.84.